The number of aliphatic carboxylic acids is 1. The first kappa shape index (κ1) is 30.4. The van der Waals surface area contributed by atoms with Crippen LogP contribution in [-0.4, -0.2) is 55.3 Å². The Morgan fingerprint density at radius 2 is 1.86 bits per heavy atom. The van der Waals surface area contributed by atoms with Crippen LogP contribution in [-0.2, 0) is 4.79 Å². The van der Waals surface area contributed by atoms with Gasteiger partial charge in [0.2, 0.25) is 0 Å². The lowest BCUT2D eigenvalue weighted by atomic mass is 9.91. The molecule has 0 spiro atoms. The molecule has 1 aromatic heterocycles. The van der Waals surface area contributed by atoms with Gasteiger partial charge in [0.1, 0.15) is 17.3 Å². The number of amides is 1. The molecule has 43 heavy (non-hydrogen) atoms. The van der Waals surface area contributed by atoms with E-state index in [9.17, 15) is 14.7 Å². The Morgan fingerprint density at radius 1 is 1.05 bits per heavy atom. The number of carboxylic acids is 1. The van der Waals surface area contributed by atoms with Gasteiger partial charge in [-0.3, -0.25) is 14.5 Å². The minimum atomic E-state index is -0.758. The maximum absolute atomic E-state index is 14.2. The number of benzene rings is 2. The van der Waals surface area contributed by atoms with E-state index in [1.807, 2.05) is 60.7 Å². The maximum Gasteiger partial charge on any atom is 0.303 e. The average Bonchev–Trinajstić information content (AvgIpc) is 3.73. The monoisotopic (exact) mass is 585 g/mol. The van der Waals surface area contributed by atoms with Crippen molar-refractivity contribution in [1.29, 1.82) is 0 Å². The molecule has 1 aliphatic heterocycles. The summed E-state index contributed by atoms with van der Waals surface area (Å²) in [6, 6.07) is 19.2. The zero-order chi connectivity index (χ0) is 30.6. The van der Waals surface area contributed by atoms with Crippen molar-refractivity contribution in [1.82, 2.24) is 4.98 Å². The fourth-order valence-electron chi connectivity index (χ4n) is 5.95. The number of nitrogens with zero attached hydrogens (tertiary/aromatic N) is 3. The summed E-state index contributed by atoms with van der Waals surface area (Å²) in [6.07, 6.45) is 4.98. The lowest BCUT2D eigenvalue weighted by molar-refractivity contribution is -0.137. The fraction of sp³-hybridized carbons (Fsp3) is 0.457. The van der Waals surface area contributed by atoms with Crippen LogP contribution in [0.5, 0.6) is 11.5 Å². The van der Waals surface area contributed by atoms with Crippen molar-refractivity contribution >= 4 is 23.4 Å². The normalized spacial score (nSPS) is 17.4. The number of carboxylic acid groups (broad SMARTS) is 1. The Kier molecular flexibility index (Phi) is 9.23. The minimum Gasteiger partial charge on any atom is -0.497 e. The van der Waals surface area contributed by atoms with Crippen molar-refractivity contribution in [2.45, 2.75) is 52.4 Å². The molecular formula is C35H43N3O5. The Bertz CT molecular complexity index is 1420. The molecule has 8 heteroatoms. The molecule has 2 unspecified atom stereocenters. The summed E-state index contributed by atoms with van der Waals surface area (Å²) < 4.78 is 11.8. The van der Waals surface area contributed by atoms with Gasteiger partial charge in [0.25, 0.3) is 5.91 Å². The second-order valence-electron chi connectivity index (χ2n) is 13.0. The van der Waals surface area contributed by atoms with Crippen LogP contribution in [0.2, 0.25) is 0 Å². The second-order valence-corrected chi connectivity index (χ2v) is 13.0. The van der Waals surface area contributed by atoms with Crippen LogP contribution in [0.4, 0.5) is 11.5 Å². The van der Waals surface area contributed by atoms with E-state index >= 15 is 0 Å². The molecule has 0 bridgehead atoms. The van der Waals surface area contributed by atoms with E-state index in [0.717, 1.165) is 49.4 Å². The van der Waals surface area contributed by atoms with Gasteiger partial charge in [-0.05, 0) is 78.5 Å². The Labute approximate surface area is 254 Å². The molecule has 1 saturated carbocycles. The summed E-state index contributed by atoms with van der Waals surface area (Å²) in [5.74, 6) is 2.03. The van der Waals surface area contributed by atoms with Crippen LogP contribution in [0.15, 0.2) is 66.9 Å². The summed E-state index contributed by atoms with van der Waals surface area (Å²) in [4.78, 5) is 34.1. The van der Waals surface area contributed by atoms with E-state index in [4.69, 9.17) is 9.47 Å². The van der Waals surface area contributed by atoms with Crippen molar-refractivity contribution in [3.8, 4) is 11.5 Å². The lowest BCUT2D eigenvalue weighted by Crippen LogP contribution is -2.39. The first-order chi connectivity index (χ1) is 20.6. The SMILES string of the molecule is COc1ccc(C(=O)N(CC(C)(C)C)c2ccccn2)c(N2CCC(COc3cccc(C(CC(=O)O)C4CC4)c3)C2)c1. The van der Waals surface area contributed by atoms with Gasteiger partial charge in [-0.1, -0.05) is 39.0 Å². The van der Waals surface area contributed by atoms with Gasteiger partial charge in [-0.15, -0.1) is 0 Å². The second kappa shape index (κ2) is 13.1. The van der Waals surface area contributed by atoms with E-state index in [-0.39, 0.29) is 29.6 Å². The summed E-state index contributed by atoms with van der Waals surface area (Å²) in [5, 5.41) is 9.41. The predicted octanol–water partition coefficient (Wildman–Crippen LogP) is 6.66. The number of aromatic nitrogens is 1. The highest BCUT2D eigenvalue weighted by atomic mass is 16.5. The molecule has 1 saturated heterocycles. The molecular weight excluding hydrogens is 542 g/mol. The molecule has 0 radical (unpaired) electrons. The van der Waals surface area contributed by atoms with Gasteiger partial charge >= 0.3 is 5.97 Å². The van der Waals surface area contributed by atoms with Crippen molar-refractivity contribution in [2.75, 3.05) is 43.2 Å². The highest BCUT2D eigenvalue weighted by molar-refractivity contribution is 6.09. The van der Waals surface area contributed by atoms with Crippen molar-refractivity contribution in [3.63, 3.8) is 0 Å². The molecule has 3 aromatic rings. The van der Waals surface area contributed by atoms with E-state index in [1.54, 1.807) is 18.2 Å². The molecule has 2 aromatic carbocycles. The standard InChI is InChI=1S/C35H43N3O5/c1-35(2,3)23-38(32-10-5-6-16-36-32)34(41)29-14-13-27(42-4)19-31(29)37-17-15-24(21-37)22-43-28-9-7-8-26(18-28)30(20-33(39)40)25-11-12-25/h5-10,13-14,16,18-19,24-25,30H,11-12,15,17,20-23H2,1-4H3,(H,39,40). The third-order valence-electron chi connectivity index (χ3n) is 8.22. The minimum absolute atomic E-state index is 0.0379. The van der Waals surface area contributed by atoms with Gasteiger partial charge in [0, 0.05) is 37.8 Å². The average molecular weight is 586 g/mol. The highest BCUT2D eigenvalue weighted by Gasteiger charge is 2.34. The first-order valence-electron chi connectivity index (χ1n) is 15.2. The van der Waals surface area contributed by atoms with Crippen LogP contribution >= 0.6 is 0 Å². The molecule has 5 rings (SSSR count). The molecule has 2 heterocycles. The van der Waals surface area contributed by atoms with Gasteiger partial charge in [-0.2, -0.15) is 0 Å². The number of rotatable bonds is 12. The van der Waals surface area contributed by atoms with Crippen molar-refractivity contribution in [3.05, 3.63) is 78.0 Å². The Balaban J connectivity index is 1.31. The molecule has 8 nitrogen and oxygen atoms in total. The van der Waals surface area contributed by atoms with Gasteiger partial charge in [-0.25, -0.2) is 4.98 Å². The lowest BCUT2D eigenvalue weighted by Gasteiger charge is -2.31. The topological polar surface area (TPSA) is 92.2 Å². The van der Waals surface area contributed by atoms with Crippen LogP contribution in [0, 0.1) is 17.3 Å². The number of hydrogen-bond donors (Lipinski definition) is 1. The predicted molar refractivity (Wildman–Crippen MR) is 168 cm³/mol. The van der Waals surface area contributed by atoms with Crippen molar-refractivity contribution < 1.29 is 24.2 Å². The molecule has 1 aliphatic carbocycles. The Hall–Kier alpha value is -4.07. The van der Waals surface area contributed by atoms with Gasteiger partial charge in [0.15, 0.2) is 0 Å². The Morgan fingerprint density at radius 3 is 2.53 bits per heavy atom. The molecule has 1 N–H and O–H groups in total. The molecule has 1 amide bonds. The third-order valence-corrected chi connectivity index (χ3v) is 8.22. The van der Waals surface area contributed by atoms with Crippen LogP contribution in [0.1, 0.15) is 68.3 Å². The number of ether oxygens (including phenoxy) is 2. The van der Waals surface area contributed by atoms with Crippen LogP contribution < -0.4 is 19.3 Å². The van der Waals surface area contributed by atoms with E-state index < -0.39 is 5.97 Å². The molecule has 228 valence electrons. The number of hydrogen-bond acceptors (Lipinski definition) is 6. The summed E-state index contributed by atoms with van der Waals surface area (Å²) in [6.45, 7) is 8.97. The van der Waals surface area contributed by atoms with Crippen molar-refractivity contribution in [2.24, 2.45) is 17.3 Å². The van der Waals surface area contributed by atoms with Gasteiger partial charge in [0.05, 0.1) is 31.4 Å². The van der Waals surface area contributed by atoms with Crippen LogP contribution in [0.25, 0.3) is 0 Å². The van der Waals surface area contributed by atoms with E-state index in [0.29, 0.717) is 36.2 Å². The third kappa shape index (κ3) is 7.86. The van der Waals surface area contributed by atoms with E-state index in [2.05, 4.69) is 30.7 Å². The molecule has 2 aliphatic rings. The molecule has 2 atom stereocenters. The summed E-state index contributed by atoms with van der Waals surface area (Å²) in [5.41, 5.74) is 2.39. The number of pyridine rings is 1. The number of methoxy groups -OCH3 is 1. The molecule has 2 fully saturated rings. The van der Waals surface area contributed by atoms with Crippen LogP contribution in [0.3, 0.4) is 0 Å². The maximum atomic E-state index is 14.2. The summed E-state index contributed by atoms with van der Waals surface area (Å²) >= 11 is 0. The zero-order valence-electron chi connectivity index (χ0n) is 25.7. The number of anilines is 2. The largest absolute Gasteiger partial charge is 0.497 e. The first-order valence-corrected chi connectivity index (χ1v) is 15.2. The van der Waals surface area contributed by atoms with Gasteiger partial charge < -0.3 is 19.5 Å². The number of carbonyl (C=O) groups excluding carboxylic acids is 1. The highest BCUT2D eigenvalue weighted by Crippen LogP contribution is 2.45. The fourth-order valence-corrected chi connectivity index (χ4v) is 5.95. The smallest absolute Gasteiger partial charge is 0.303 e. The van der Waals surface area contributed by atoms with E-state index in [1.165, 1.54) is 0 Å². The quantitative estimate of drug-likeness (QED) is 0.254. The zero-order valence-corrected chi connectivity index (χ0v) is 25.7. The summed E-state index contributed by atoms with van der Waals surface area (Å²) in [7, 11) is 1.64. The number of carbonyl (C=O) groups is 2.